The van der Waals surface area contributed by atoms with Crippen LogP contribution >= 0.6 is 0 Å². The van der Waals surface area contributed by atoms with E-state index in [9.17, 15) is 4.79 Å². The lowest BCUT2D eigenvalue weighted by Crippen LogP contribution is -2.18. The summed E-state index contributed by atoms with van der Waals surface area (Å²) < 4.78 is 0. The van der Waals surface area contributed by atoms with Gasteiger partial charge in [0, 0.05) is 29.2 Å². The standard InChI is InChI=1S/C16H22N4O/c1-4-10(2)8-18-9-11(3)16-19-13-7-5-6-12(13)14(20-16)15(17)21/h8-10H,4-7H2,1-3H3,(H2,17,21)/b11-9+,18-8?. The van der Waals surface area contributed by atoms with Crippen molar-refractivity contribution in [2.24, 2.45) is 16.6 Å². The topological polar surface area (TPSA) is 81.2 Å². The Morgan fingerprint density at radius 1 is 1.43 bits per heavy atom. The van der Waals surface area contributed by atoms with Gasteiger partial charge < -0.3 is 5.73 Å². The lowest BCUT2D eigenvalue weighted by molar-refractivity contribution is 0.0994. The molecule has 0 spiro atoms. The number of aryl methyl sites for hydroxylation is 1. The van der Waals surface area contributed by atoms with Crippen LogP contribution in [0.4, 0.5) is 0 Å². The number of hydrogen-bond acceptors (Lipinski definition) is 4. The summed E-state index contributed by atoms with van der Waals surface area (Å²) in [4.78, 5) is 24.8. The van der Waals surface area contributed by atoms with Crippen LogP contribution in [0, 0.1) is 5.92 Å². The Bertz CT molecular complexity index is 605. The lowest BCUT2D eigenvalue weighted by Gasteiger charge is -2.07. The molecule has 1 aliphatic rings. The third kappa shape index (κ3) is 3.54. The van der Waals surface area contributed by atoms with Crippen LogP contribution in [-0.4, -0.2) is 22.1 Å². The van der Waals surface area contributed by atoms with Crippen LogP contribution in [0.3, 0.4) is 0 Å². The second-order valence-corrected chi connectivity index (χ2v) is 5.53. The molecule has 1 aromatic rings. The number of hydrogen-bond donors (Lipinski definition) is 1. The summed E-state index contributed by atoms with van der Waals surface area (Å²) in [5.41, 5.74) is 8.51. The van der Waals surface area contributed by atoms with E-state index in [1.807, 2.05) is 13.1 Å². The van der Waals surface area contributed by atoms with Crippen molar-refractivity contribution in [1.82, 2.24) is 9.97 Å². The highest BCUT2D eigenvalue weighted by molar-refractivity contribution is 5.93. The molecule has 1 aliphatic carbocycles. The third-order valence-electron chi connectivity index (χ3n) is 3.77. The van der Waals surface area contributed by atoms with E-state index in [4.69, 9.17) is 5.73 Å². The van der Waals surface area contributed by atoms with E-state index >= 15 is 0 Å². The van der Waals surface area contributed by atoms with Crippen molar-refractivity contribution in [2.45, 2.75) is 46.5 Å². The van der Waals surface area contributed by atoms with Gasteiger partial charge in [0.15, 0.2) is 5.82 Å². The zero-order valence-corrected chi connectivity index (χ0v) is 12.9. The minimum Gasteiger partial charge on any atom is -0.364 e. The first-order chi connectivity index (χ1) is 10.0. The largest absolute Gasteiger partial charge is 0.364 e. The number of amides is 1. The average molecular weight is 286 g/mol. The molecule has 0 aliphatic heterocycles. The number of nitrogens with zero attached hydrogens (tertiary/aromatic N) is 3. The predicted octanol–water partition coefficient (Wildman–Crippen LogP) is 2.54. The van der Waals surface area contributed by atoms with Crippen LogP contribution in [0.2, 0.25) is 0 Å². The highest BCUT2D eigenvalue weighted by Crippen LogP contribution is 2.24. The summed E-state index contributed by atoms with van der Waals surface area (Å²) >= 11 is 0. The van der Waals surface area contributed by atoms with Crippen LogP contribution in [0.1, 0.15) is 61.2 Å². The molecule has 5 heteroatoms. The number of primary amides is 1. The van der Waals surface area contributed by atoms with Gasteiger partial charge in [-0.1, -0.05) is 13.8 Å². The number of aromatic nitrogens is 2. The van der Waals surface area contributed by atoms with Crippen molar-refractivity contribution in [3.63, 3.8) is 0 Å². The SMILES string of the molecule is CCC(C)C=N/C=C(\C)c1nc2c(c(C(N)=O)n1)CCC2. The molecule has 0 aromatic carbocycles. The Labute approximate surface area is 125 Å². The van der Waals surface area contributed by atoms with Crippen molar-refractivity contribution in [2.75, 3.05) is 0 Å². The third-order valence-corrected chi connectivity index (χ3v) is 3.77. The molecular formula is C16H22N4O. The number of rotatable bonds is 5. The summed E-state index contributed by atoms with van der Waals surface area (Å²) in [6, 6.07) is 0. The summed E-state index contributed by atoms with van der Waals surface area (Å²) in [6.45, 7) is 6.13. The molecule has 0 saturated heterocycles. The summed E-state index contributed by atoms with van der Waals surface area (Å²) in [5.74, 6) is 0.509. The number of carbonyl (C=O) groups excluding carboxylic acids is 1. The van der Waals surface area contributed by atoms with Crippen molar-refractivity contribution in [3.05, 3.63) is 29.0 Å². The fraction of sp³-hybridized carbons (Fsp3) is 0.500. The average Bonchev–Trinajstić information content (AvgIpc) is 2.93. The molecule has 1 aromatic heterocycles. The molecule has 1 amide bonds. The maximum absolute atomic E-state index is 11.6. The van der Waals surface area contributed by atoms with Gasteiger partial charge in [-0.15, -0.1) is 0 Å². The van der Waals surface area contributed by atoms with E-state index in [1.54, 1.807) is 6.20 Å². The van der Waals surface area contributed by atoms with E-state index in [0.29, 0.717) is 17.4 Å². The minimum absolute atomic E-state index is 0.367. The maximum atomic E-state index is 11.6. The van der Waals surface area contributed by atoms with E-state index in [-0.39, 0.29) is 0 Å². The first kappa shape index (κ1) is 15.4. The Kier molecular flexibility index (Phi) is 4.83. The highest BCUT2D eigenvalue weighted by Gasteiger charge is 2.22. The van der Waals surface area contributed by atoms with Crippen molar-refractivity contribution in [3.8, 4) is 0 Å². The van der Waals surface area contributed by atoms with Crippen LogP contribution < -0.4 is 5.73 Å². The van der Waals surface area contributed by atoms with Gasteiger partial charge in [-0.05, 0) is 38.5 Å². The summed E-state index contributed by atoms with van der Waals surface area (Å²) in [7, 11) is 0. The first-order valence-corrected chi connectivity index (χ1v) is 7.43. The van der Waals surface area contributed by atoms with Gasteiger partial charge in [-0.2, -0.15) is 0 Å². The smallest absolute Gasteiger partial charge is 0.267 e. The van der Waals surface area contributed by atoms with Crippen LogP contribution in [0.5, 0.6) is 0 Å². The zero-order valence-electron chi connectivity index (χ0n) is 12.9. The predicted molar refractivity (Wildman–Crippen MR) is 84.2 cm³/mol. The Hall–Kier alpha value is -2.04. The molecule has 1 heterocycles. The second kappa shape index (κ2) is 6.61. The van der Waals surface area contributed by atoms with E-state index < -0.39 is 5.91 Å². The number of allylic oxidation sites excluding steroid dienone is 1. The number of fused-ring (bicyclic) bond motifs is 1. The molecule has 112 valence electrons. The van der Waals surface area contributed by atoms with Gasteiger partial charge in [0.25, 0.3) is 5.91 Å². The van der Waals surface area contributed by atoms with Gasteiger partial charge in [-0.25, -0.2) is 9.97 Å². The van der Waals surface area contributed by atoms with Crippen LogP contribution in [0.25, 0.3) is 5.57 Å². The highest BCUT2D eigenvalue weighted by atomic mass is 16.1. The molecule has 0 saturated carbocycles. The minimum atomic E-state index is -0.479. The molecule has 5 nitrogen and oxygen atoms in total. The monoisotopic (exact) mass is 286 g/mol. The van der Waals surface area contributed by atoms with E-state index in [1.165, 1.54) is 0 Å². The summed E-state index contributed by atoms with van der Waals surface area (Å²) in [5, 5.41) is 0. The fourth-order valence-electron chi connectivity index (χ4n) is 2.28. The molecule has 2 N–H and O–H groups in total. The van der Waals surface area contributed by atoms with E-state index in [0.717, 1.165) is 42.5 Å². The molecule has 0 radical (unpaired) electrons. The molecule has 1 unspecified atom stereocenters. The Morgan fingerprint density at radius 3 is 2.86 bits per heavy atom. The molecule has 0 bridgehead atoms. The molecule has 21 heavy (non-hydrogen) atoms. The van der Waals surface area contributed by atoms with Gasteiger partial charge in [0.2, 0.25) is 0 Å². The van der Waals surface area contributed by atoms with Gasteiger partial charge in [-0.3, -0.25) is 9.79 Å². The quantitative estimate of drug-likeness (QED) is 0.844. The van der Waals surface area contributed by atoms with Gasteiger partial charge >= 0.3 is 0 Å². The first-order valence-electron chi connectivity index (χ1n) is 7.43. The molecule has 0 fully saturated rings. The molecular weight excluding hydrogens is 264 g/mol. The zero-order chi connectivity index (χ0) is 15.4. The fourth-order valence-corrected chi connectivity index (χ4v) is 2.28. The van der Waals surface area contributed by atoms with Crippen molar-refractivity contribution >= 4 is 17.7 Å². The summed E-state index contributed by atoms with van der Waals surface area (Å²) in [6.07, 6.45) is 7.43. The maximum Gasteiger partial charge on any atom is 0.267 e. The van der Waals surface area contributed by atoms with Gasteiger partial charge in [0.1, 0.15) is 5.69 Å². The number of aliphatic imine (C=N–C) groups is 1. The lowest BCUT2D eigenvalue weighted by atomic mass is 10.1. The number of nitrogens with two attached hydrogens (primary N) is 1. The van der Waals surface area contributed by atoms with Crippen LogP contribution in [-0.2, 0) is 12.8 Å². The normalized spacial score (nSPS) is 16.2. The van der Waals surface area contributed by atoms with Gasteiger partial charge in [0.05, 0.1) is 0 Å². The Balaban J connectivity index is 2.32. The molecule has 2 rings (SSSR count). The van der Waals surface area contributed by atoms with E-state index in [2.05, 4.69) is 28.8 Å². The van der Waals surface area contributed by atoms with Crippen LogP contribution in [0.15, 0.2) is 11.2 Å². The Morgan fingerprint density at radius 2 is 2.19 bits per heavy atom. The number of carbonyl (C=O) groups is 1. The molecule has 1 atom stereocenters. The van der Waals surface area contributed by atoms with Crippen molar-refractivity contribution < 1.29 is 4.79 Å². The second-order valence-electron chi connectivity index (χ2n) is 5.53. The van der Waals surface area contributed by atoms with Crippen molar-refractivity contribution in [1.29, 1.82) is 0 Å².